The summed E-state index contributed by atoms with van der Waals surface area (Å²) in [6, 6.07) is 92.7. The number of nitrogens with zero attached hydrogens (tertiary/aromatic N) is 2. The van der Waals surface area contributed by atoms with E-state index in [4.69, 9.17) is 0 Å². The van der Waals surface area contributed by atoms with Gasteiger partial charge in [0.1, 0.15) is 0 Å². The summed E-state index contributed by atoms with van der Waals surface area (Å²) in [6.07, 6.45) is 0. The van der Waals surface area contributed by atoms with Crippen molar-refractivity contribution in [3.63, 3.8) is 0 Å². The van der Waals surface area contributed by atoms with E-state index < -0.39 is 0 Å². The lowest BCUT2D eigenvalue weighted by atomic mass is 9.92. The van der Waals surface area contributed by atoms with E-state index in [1.807, 2.05) is 0 Å². The van der Waals surface area contributed by atoms with Crippen molar-refractivity contribution in [1.82, 2.24) is 4.57 Å². The smallest absolute Gasteiger partial charge is 0.0546 e. The Labute approximate surface area is 373 Å². The third-order valence-corrected chi connectivity index (χ3v) is 12.8. The van der Waals surface area contributed by atoms with E-state index >= 15 is 0 Å². The number of rotatable bonds is 8. The van der Waals surface area contributed by atoms with Crippen LogP contribution >= 0.6 is 0 Å². The van der Waals surface area contributed by atoms with Crippen LogP contribution in [-0.2, 0) is 0 Å². The fourth-order valence-electron chi connectivity index (χ4n) is 9.90. The Morgan fingerprint density at radius 1 is 0.266 bits per heavy atom. The van der Waals surface area contributed by atoms with Crippen LogP contribution < -0.4 is 4.90 Å². The summed E-state index contributed by atoms with van der Waals surface area (Å²) in [7, 11) is 0. The zero-order valence-electron chi connectivity index (χ0n) is 35.1. The Bertz CT molecular complexity index is 3590. The molecule has 2 nitrogen and oxygen atoms in total. The molecule has 0 saturated carbocycles. The van der Waals surface area contributed by atoms with Gasteiger partial charge in [0.05, 0.1) is 22.4 Å². The van der Waals surface area contributed by atoms with Gasteiger partial charge in [-0.1, -0.05) is 206 Å². The third kappa shape index (κ3) is 6.35. The fourth-order valence-corrected chi connectivity index (χ4v) is 9.90. The molecule has 0 saturated heterocycles. The first-order valence-electron chi connectivity index (χ1n) is 22.0. The zero-order chi connectivity index (χ0) is 42.4. The summed E-state index contributed by atoms with van der Waals surface area (Å²) in [4.78, 5) is 2.42. The van der Waals surface area contributed by atoms with Crippen molar-refractivity contribution in [3.05, 3.63) is 255 Å². The van der Waals surface area contributed by atoms with Crippen LogP contribution in [0.4, 0.5) is 17.1 Å². The molecule has 12 aromatic rings. The van der Waals surface area contributed by atoms with E-state index in [-0.39, 0.29) is 0 Å². The minimum atomic E-state index is 1.08. The van der Waals surface area contributed by atoms with Crippen LogP contribution in [0.2, 0.25) is 0 Å². The molecule has 0 aliphatic rings. The quantitative estimate of drug-likeness (QED) is 0.148. The standard InChI is InChI=1S/C62H42N2/c1-2-19-47(20-3-1)62-53(29-16-34-61(62)64-59-32-12-9-26-56(59)57-27-10-13-33-60(57)64)46-37-41-49(42-38-46)63(48-39-35-45(36-40-48)51-28-14-21-43-17-4-6-23-50(43)51)58-31-11-8-25-55(58)54-30-15-22-44-18-5-7-24-52(44)54/h1-42H. The summed E-state index contributed by atoms with van der Waals surface area (Å²) in [5, 5.41) is 7.45. The number of para-hydroxylation sites is 3. The van der Waals surface area contributed by atoms with Gasteiger partial charge in [-0.15, -0.1) is 0 Å². The van der Waals surface area contributed by atoms with Gasteiger partial charge < -0.3 is 9.47 Å². The number of hydrogen-bond donors (Lipinski definition) is 0. The van der Waals surface area contributed by atoms with Gasteiger partial charge in [-0.05, 0) is 103 Å². The van der Waals surface area contributed by atoms with Crippen LogP contribution in [0, 0.1) is 0 Å². The molecule has 0 atom stereocenters. The van der Waals surface area contributed by atoms with Gasteiger partial charge in [0.25, 0.3) is 0 Å². The molecule has 300 valence electrons. The van der Waals surface area contributed by atoms with E-state index in [2.05, 4.69) is 264 Å². The average molecular weight is 815 g/mol. The van der Waals surface area contributed by atoms with Crippen molar-refractivity contribution in [2.75, 3.05) is 4.90 Å². The first-order valence-corrected chi connectivity index (χ1v) is 22.0. The molecule has 0 bridgehead atoms. The maximum Gasteiger partial charge on any atom is 0.0546 e. The maximum absolute atomic E-state index is 2.44. The molecule has 0 aliphatic carbocycles. The van der Waals surface area contributed by atoms with Gasteiger partial charge in [0.2, 0.25) is 0 Å². The highest BCUT2D eigenvalue weighted by Gasteiger charge is 2.21. The molecule has 0 spiro atoms. The molecule has 0 aliphatic heterocycles. The molecule has 0 amide bonds. The van der Waals surface area contributed by atoms with E-state index in [0.29, 0.717) is 0 Å². The molecule has 0 fully saturated rings. The van der Waals surface area contributed by atoms with Gasteiger partial charge >= 0.3 is 0 Å². The van der Waals surface area contributed by atoms with Crippen LogP contribution in [-0.4, -0.2) is 4.57 Å². The Hall–Kier alpha value is -8.46. The second-order valence-electron chi connectivity index (χ2n) is 16.4. The third-order valence-electron chi connectivity index (χ3n) is 12.8. The second-order valence-corrected chi connectivity index (χ2v) is 16.4. The zero-order valence-corrected chi connectivity index (χ0v) is 35.1. The maximum atomic E-state index is 2.44. The summed E-state index contributed by atoms with van der Waals surface area (Å²) >= 11 is 0. The largest absolute Gasteiger partial charge is 0.310 e. The summed E-state index contributed by atoms with van der Waals surface area (Å²) < 4.78 is 2.44. The van der Waals surface area contributed by atoms with Crippen molar-refractivity contribution in [1.29, 1.82) is 0 Å². The van der Waals surface area contributed by atoms with Crippen LogP contribution in [0.1, 0.15) is 0 Å². The second kappa shape index (κ2) is 15.8. The normalized spacial score (nSPS) is 11.4. The van der Waals surface area contributed by atoms with E-state index in [0.717, 1.165) is 28.3 Å². The van der Waals surface area contributed by atoms with Crippen LogP contribution in [0.5, 0.6) is 0 Å². The molecule has 1 aromatic heterocycles. The highest BCUT2D eigenvalue weighted by molar-refractivity contribution is 6.10. The molecule has 0 N–H and O–H groups in total. The van der Waals surface area contributed by atoms with Crippen LogP contribution in [0.25, 0.3) is 93.5 Å². The van der Waals surface area contributed by atoms with Gasteiger partial charge in [-0.3, -0.25) is 0 Å². The lowest BCUT2D eigenvalue weighted by molar-refractivity contribution is 1.18. The lowest BCUT2D eigenvalue weighted by Gasteiger charge is -2.28. The Kier molecular flexibility index (Phi) is 9.20. The molecule has 1 heterocycles. The van der Waals surface area contributed by atoms with Crippen LogP contribution in [0.15, 0.2) is 255 Å². The lowest BCUT2D eigenvalue weighted by Crippen LogP contribution is -2.11. The van der Waals surface area contributed by atoms with Gasteiger partial charge in [-0.25, -0.2) is 0 Å². The van der Waals surface area contributed by atoms with E-state index in [9.17, 15) is 0 Å². The molecule has 2 heteroatoms. The Balaban J connectivity index is 1.03. The van der Waals surface area contributed by atoms with Crippen LogP contribution in [0.3, 0.4) is 0 Å². The number of benzene rings is 11. The minimum Gasteiger partial charge on any atom is -0.310 e. The van der Waals surface area contributed by atoms with Crippen molar-refractivity contribution in [2.24, 2.45) is 0 Å². The molecule has 0 unspecified atom stereocenters. The molecule has 11 aromatic carbocycles. The average Bonchev–Trinajstić information content (AvgIpc) is 3.71. The number of anilines is 3. The van der Waals surface area contributed by atoms with Crippen molar-refractivity contribution in [2.45, 2.75) is 0 Å². The van der Waals surface area contributed by atoms with E-state index in [1.54, 1.807) is 0 Å². The highest BCUT2D eigenvalue weighted by atomic mass is 15.1. The SMILES string of the molecule is c1ccc(-c2c(-c3ccc(N(c4ccc(-c5cccc6ccccc56)cc4)c4ccccc4-c4cccc5ccccc45)cc3)cccc2-n2c3ccccc3c3ccccc32)cc1. The predicted molar refractivity (Wildman–Crippen MR) is 272 cm³/mol. The molecular formula is C62H42N2. The number of hydrogen-bond acceptors (Lipinski definition) is 1. The van der Waals surface area contributed by atoms with Crippen molar-refractivity contribution >= 4 is 60.4 Å². The Morgan fingerprint density at radius 2 is 0.703 bits per heavy atom. The molecular weight excluding hydrogens is 773 g/mol. The Morgan fingerprint density at radius 3 is 1.34 bits per heavy atom. The summed E-state index contributed by atoms with van der Waals surface area (Å²) in [5.74, 6) is 0. The predicted octanol–water partition coefficient (Wildman–Crippen LogP) is 17.2. The highest BCUT2D eigenvalue weighted by Crippen LogP contribution is 2.45. The van der Waals surface area contributed by atoms with Crippen molar-refractivity contribution in [3.8, 4) is 50.2 Å². The number of aromatic nitrogens is 1. The van der Waals surface area contributed by atoms with Gasteiger partial charge in [0.15, 0.2) is 0 Å². The monoisotopic (exact) mass is 814 g/mol. The first kappa shape index (κ1) is 37.3. The van der Waals surface area contributed by atoms with E-state index in [1.165, 1.54) is 82.3 Å². The first-order chi connectivity index (χ1) is 31.8. The van der Waals surface area contributed by atoms with Crippen molar-refractivity contribution < 1.29 is 0 Å². The van der Waals surface area contributed by atoms with Gasteiger partial charge in [0, 0.05) is 33.3 Å². The molecule has 0 radical (unpaired) electrons. The molecule has 64 heavy (non-hydrogen) atoms. The molecule has 12 rings (SSSR count). The summed E-state index contributed by atoms with van der Waals surface area (Å²) in [5.41, 5.74) is 16.3. The number of fused-ring (bicyclic) bond motifs is 5. The minimum absolute atomic E-state index is 1.08. The van der Waals surface area contributed by atoms with Gasteiger partial charge in [-0.2, -0.15) is 0 Å². The summed E-state index contributed by atoms with van der Waals surface area (Å²) in [6.45, 7) is 0. The topological polar surface area (TPSA) is 8.17 Å². The fraction of sp³-hybridized carbons (Fsp3) is 0.